The second kappa shape index (κ2) is 6.53. The summed E-state index contributed by atoms with van der Waals surface area (Å²) in [5, 5.41) is 7.75. The molecule has 0 saturated heterocycles. The molecule has 148 valence electrons. The number of rotatable bonds is 3. The van der Waals surface area contributed by atoms with Crippen LogP contribution in [-0.4, -0.2) is 34.1 Å². The fourth-order valence-electron chi connectivity index (χ4n) is 3.78. The third kappa shape index (κ3) is 2.87. The number of aryl methyl sites for hydroxylation is 2. The Labute approximate surface area is 168 Å². The lowest BCUT2D eigenvalue weighted by molar-refractivity contribution is 0.578. The van der Waals surface area contributed by atoms with Gasteiger partial charge in [-0.2, -0.15) is 13.5 Å². The zero-order valence-electron chi connectivity index (χ0n) is 16.2. The topological polar surface area (TPSA) is 92.7 Å². The number of benzene rings is 2. The molecule has 5 rings (SSSR count). The molecule has 0 saturated carbocycles. The first-order valence-corrected chi connectivity index (χ1v) is 11.0. The summed E-state index contributed by atoms with van der Waals surface area (Å²) in [5.41, 5.74) is 6.20. The Hall–Kier alpha value is -2.97. The van der Waals surface area contributed by atoms with E-state index in [1.165, 1.54) is 0 Å². The average Bonchev–Trinajstić information content (AvgIpc) is 3.30. The molecular formula is C21H21N5O2S. The largest absolute Gasteiger partial charge is 0.337 e. The van der Waals surface area contributed by atoms with Crippen LogP contribution in [0.3, 0.4) is 0 Å². The molecule has 0 bridgehead atoms. The predicted octanol–water partition coefficient (Wildman–Crippen LogP) is 2.93. The van der Waals surface area contributed by atoms with Crippen LogP contribution in [0.25, 0.3) is 22.6 Å². The van der Waals surface area contributed by atoms with E-state index in [4.69, 9.17) is 4.98 Å². The zero-order valence-corrected chi connectivity index (χ0v) is 17.0. The fraction of sp³-hybridized carbons (Fsp3) is 0.238. The third-order valence-electron chi connectivity index (χ3n) is 5.47. The van der Waals surface area contributed by atoms with Crippen LogP contribution in [0.2, 0.25) is 0 Å². The molecule has 7 nitrogen and oxygen atoms in total. The first kappa shape index (κ1) is 18.1. The molecule has 8 heteroatoms. The van der Waals surface area contributed by atoms with Gasteiger partial charge < -0.3 is 10.3 Å². The lowest BCUT2D eigenvalue weighted by Gasteiger charge is -2.12. The third-order valence-corrected chi connectivity index (χ3v) is 7.06. The summed E-state index contributed by atoms with van der Waals surface area (Å²) in [7, 11) is -3.85. The molecule has 2 N–H and O–H groups in total. The summed E-state index contributed by atoms with van der Waals surface area (Å²) >= 11 is 0. The summed E-state index contributed by atoms with van der Waals surface area (Å²) < 4.78 is 28.0. The van der Waals surface area contributed by atoms with Crippen LogP contribution in [0.15, 0.2) is 47.4 Å². The van der Waals surface area contributed by atoms with Gasteiger partial charge in [0.1, 0.15) is 5.69 Å². The lowest BCUT2D eigenvalue weighted by Crippen LogP contribution is -2.23. The van der Waals surface area contributed by atoms with Crippen LogP contribution >= 0.6 is 0 Å². The minimum Gasteiger partial charge on any atom is -0.337 e. The van der Waals surface area contributed by atoms with Crippen molar-refractivity contribution < 1.29 is 8.42 Å². The van der Waals surface area contributed by atoms with E-state index in [0.29, 0.717) is 24.5 Å². The summed E-state index contributed by atoms with van der Waals surface area (Å²) in [4.78, 5) is 8.26. The highest BCUT2D eigenvalue weighted by molar-refractivity contribution is 7.90. The van der Waals surface area contributed by atoms with Gasteiger partial charge in [0.15, 0.2) is 5.82 Å². The van der Waals surface area contributed by atoms with E-state index in [-0.39, 0.29) is 4.90 Å². The number of nitrogens with zero attached hydrogens (tertiary/aromatic N) is 3. The molecule has 4 aromatic rings. The number of aromatic nitrogens is 4. The van der Waals surface area contributed by atoms with Crippen molar-refractivity contribution in [2.75, 3.05) is 6.54 Å². The molecule has 1 aliphatic rings. The van der Waals surface area contributed by atoms with E-state index in [1.54, 1.807) is 30.3 Å². The minimum absolute atomic E-state index is 0.205. The zero-order chi connectivity index (χ0) is 20.2. The van der Waals surface area contributed by atoms with E-state index in [2.05, 4.69) is 15.4 Å². The van der Waals surface area contributed by atoms with Crippen LogP contribution in [0.4, 0.5) is 0 Å². The molecule has 0 aliphatic carbocycles. The number of H-pyrrole nitrogens is 1. The maximum Gasteiger partial charge on any atom is 0.283 e. The van der Waals surface area contributed by atoms with Gasteiger partial charge in [-0.3, -0.25) is 0 Å². The normalized spacial score (nSPS) is 14.3. The molecule has 0 unspecified atom stereocenters. The van der Waals surface area contributed by atoms with Crippen LogP contribution in [-0.2, 0) is 23.0 Å². The smallest absolute Gasteiger partial charge is 0.283 e. The summed E-state index contributed by atoms with van der Waals surface area (Å²) in [6.07, 6.45) is 0.698. The second-order valence-electron chi connectivity index (χ2n) is 7.40. The van der Waals surface area contributed by atoms with Crippen molar-refractivity contribution in [3.63, 3.8) is 0 Å². The Kier molecular flexibility index (Phi) is 4.07. The molecule has 2 aromatic heterocycles. The minimum atomic E-state index is -3.85. The highest BCUT2D eigenvalue weighted by Gasteiger charge is 2.30. The number of nitrogens with one attached hydrogen (secondary N) is 2. The van der Waals surface area contributed by atoms with E-state index >= 15 is 0 Å². The van der Waals surface area contributed by atoms with Crippen LogP contribution in [0.5, 0.6) is 0 Å². The van der Waals surface area contributed by atoms with Crippen molar-refractivity contribution in [2.24, 2.45) is 0 Å². The predicted molar refractivity (Wildman–Crippen MR) is 111 cm³/mol. The summed E-state index contributed by atoms with van der Waals surface area (Å²) in [5.74, 6) is 0.528. The number of fused-ring (bicyclic) bond motifs is 2. The van der Waals surface area contributed by atoms with Crippen molar-refractivity contribution in [2.45, 2.75) is 31.7 Å². The molecule has 0 atom stereocenters. The van der Waals surface area contributed by atoms with Gasteiger partial charge in [0.2, 0.25) is 0 Å². The van der Waals surface area contributed by atoms with Gasteiger partial charge in [-0.05, 0) is 62.2 Å². The maximum atomic E-state index is 13.4. The highest BCUT2D eigenvalue weighted by atomic mass is 32.2. The molecular weight excluding hydrogens is 386 g/mol. The quantitative estimate of drug-likeness (QED) is 0.545. The Bertz CT molecular complexity index is 1300. The van der Waals surface area contributed by atoms with Crippen LogP contribution in [0, 0.1) is 13.8 Å². The van der Waals surface area contributed by atoms with Gasteiger partial charge in [0.05, 0.1) is 21.6 Å². The summed E-state index contributed by atoms with van der Waals surface area (Å²) in [6.45, 7) is 5.40. The van der Waals surface area contributed by atoms with Crippen molar-refractivity contribution in [3.05, 3.63) is 64.8 Å². The summed E-state index contributed by atoms with van der Waals surface area (Å²) in [6, 6.07) is 12.5. The van der Waals surface area contributed by atoms with Crippen LogP contribution in [0.1, 0.15) is 22.4 Å². The fourth-order valence-corrected chi connectivity index (χ4v) is 5.12. The van der Waals surface area contributed by atoms with Crippen molar-refractivity contribution in [1.82, 2.24) is 24.5 Å². The molecule has 29 heavy (non-hydrogen) atoms. The average molecular weight is 407 g/mol. The molecule has 0 amide bonds. The van der Waals surface area contributed by atoms with E-state index in [9.17, 15) is 8.42 Å². The first-order valence-electron chi connectivity index (χ1n) is 9.54. The highest BCUT2D eigenvalue weighted by Crippen LogP contribution is 2.31. The van der Waals surface area contributed by atoms with Gasteiger partial charge in [-0.25, -0.2) is 4.98 Å². The van der Waals surface area contributed by atoms with Crippen molar-refractivity contribution in [1.29, 1.82) is 0 Å². The van der Waals surface area contributed by atoms with Gasteiger partial charge in [-0.1, -0.05) is 18.2 Å². The molecule has 0 radical (unpaired) electrons. The number of aromatic amines is 1. The molecule has 0 spiro atoms. The lowest BCUT2D eigenvalue weighted by atomic mass is 10.1. The van der Waals surface area contributed by atoms with Gasteiger partial charge >= 0.3 is 0 Å². The Morgan fingerprint density at radius 3 is 2.62 bits per heavy atom. The van der Waals surface area contributed by atoms with Gasteiger partial charge in [-0.15, -0.1) is 4.09 Å². The Morgan fingerprint density at radius 1 is 1.07 bits per heavy atom. The van der Waals surface area contributed by atoms with E-state index in [1.807, 2.05) is 26.0 Å². The molecule has 0 fully saturated rings. The number of imidazole rings is 1. The number of hydrogen-bond donors (Lipinski definition) is 2. The van der Waals surface area contributed by atoms with Crippen molar-refractivity contribution in [3.8, 4) is 11.5 Å². The Balaban J connectivity index is 1.78. The van der Waals surface area contributed by atoms with Gasteiger partial charge in [0.25, 0.3) is 10.0 Å². The first-order chi connectivity index (χ1) is 13.9. The van der Waals surface area contributed by atoms with Crippen LogP contribution < -0.4 is 5.32 Å². The standard InChI is InChI=1S/C21H21N5O2S/c1-13-10-17-18(11-14(13)2)24-21(23-17)20-16-8-9-22-12-19(16)25-26(20)29(27,28)15-6-4-3-5-7-15/h3-7,10-11,22H,8-9,12H2,1-2H3,(H,23,24). The molecule has 3 heterocycles. The maximum absolute atomic E-state index is 13.4. The van der Waals surface area contributed by atoms with Crippen molar-refractivity contribution >= 4 is 21.1 Å². The van der Waals surface area contributed by atoms with E-state index < -0.39 is 10.0 Å². The monoisotopic (exact) mass is 407 g/mol. The second-order valence-corrected chi connectivity index (χ2v) is 9.17. The Morgan fingerprint density at radius 2 is 1.83 bits per heavy atom. The van der Waals surface area contributed by atoms with Gasteiger partial charge in [0, 0.05) is 12.1 Å². The van der Waals surface area contributed by atoms with E-state index in [0.717, 1.165) is 44.0 Å². The SMILES string of the molecule is Cc1cc2nc(-c3c4c(nn3S(=O)(=O)c3ccccc3)CNCC4)[nH]c2cc1C. The molecule has 2 aromatic carbocycles. The molecule has 1 aliphatic heterocycles. The number of hydrogen-bond acceptors (Lipinski definition) is 5.